The standard InChI is InChI=1S/C19H26N4O4/c1-5-26-17(24)14-10-21-16-13(6-7-20-16)15(14)22-11-8-12(9-11)23-18(25)27-19(2,3)4/h6-7,10-12H,5,8-9H2,1-4H3,(H,23,25)(H2,20,21,22). The fourth-order valence-corrected chi connectivity index (χ4v) is 3.06. The number of anilines is 1. The monoisotopic (exact) mass is 374 g/mol. The number of hydrogen-bond acceptors (Lipinski definition) is 6. The van der Waals surface area contributed by atoms with Crippen molar-refractivity contribution in [1.29, 1.82) is 0 Å². The Labute approximate surface area is 158 Å². The molecule has 0 aromatic carbocycles. The number of amides is 1. The zero-order chi connectivity index (χ0) is 19.6. The predicted molar refractivity (Wildman–Crippen MR) is 102 cm³/mol. The molecule has 1 saturated carbocycles. The number of carbonyl (C=O) groups excluding carboxylic acids is 2. The molecule has 2 aromatic heterocycles. The van der Waals surface area contributed by atoms with Crippen molar-refractivity contribution in [3.8, 4) is 0 Å². The van der Waals surface area contributed by atoms with Crippen molar-refractivity contribution < 1.29 is 19.1 Å². The van der Waals surface area contributed by atoms with Crippen LogP contribution in [0.25, 0.3) is 11.0 Å². The van der Waals surface area contributed by atoms with Gasteiger partial charge in [-0.25, -0.2) is 14.6 Å². The van der Waals surface area contributed by atoms with E-state index in [1.54, 1.807) is 13.1 Å². The Morgan fingerprint density at radius 3 is 2.70 bits per heavy atom. The van der Waals surface area contributed by atoms with Gasteiger partial charge in [-0.05, 0) is 46.6 Å². The van der Waals surface area contributed by atoms with Gasteiger partial charge in [-0.3, -0.25) is 0 Å². The molecular weight excluding hydrogens is 348 g/mol. The average Bonchev–Trinajstić information content (AvgIpc) is 3.00. The number of nitrogens with zero attached hydrogens (tertiary/aromatic N) is 1. The first-order chi connectivity index (χ1) is 12.8. The van der Waals surface area contributed by atoms with E-state index < -0.39 is 17.7 Å². The SMILES string of the molecule is CCOC(=O)c1cnc2[nH]ccc2c1NC1CC(NC(=O)OC(C)(C)C)C1. The number of H-pyrrole nitrogens is 1. The van der Waals surface area contributed by atoms with Crippen LogP contribution < -0.4 is 10.6 Å². The molecule has 2 aromatic rings. The zero-order valence-corrected chi connectivity index (χ0v) is 16.1. The van der Waals surface area contributed by atoms with Crippen molar-refractivity contribution in [1.82, 2.24) is 15.3 Å². The van der Waals surface area contributed by atoms with E-state index in [9.17, 15) is 9.59 Å². The molecule has 8 heteroatoms. The van der Waals surface area contributed by atoms with Crippen LogP contribution >= 0.6 is 0 Å². The lowest BCUT2D eigenvalue weighted by Crippen LogP contribution is -2.50. The summed E-state index contributed by atoms with van der Waals surface area (Å²) in [5.74, 6) is -0.404. The Kier molecular flexibility index (Phi) is 5.25. The zero-order valence-electron chi connectivity index (χ0n) is 16.1. The Morgan fingerprint density at radius 1 is 1.30 bits per heavy atom. The molecule has 1 aliphatic rings. The Balaban J connectivity index is 1.66. The van der Waals surface area contributed by atoms with Crippen LogP contribution in [0, 0.1) is 0 Å². The van der Waals surface area contributed by atoms with Gasteiger partial charge in [0.2, 0.25) is 0 Å². The molecule has 3 rings (SSSR count). The highest BCUT2D eigenvalue weighted by Gasteiger charge is 2.33. The largest absolute Gasteiger partial charge is 0.462 e. The normalized spacial score (nSPS) is 19.3. The van der Waals surface area contributed by atoms with Crippen molar-refractivity contribution in [2.45, 2.75) is 58.2 Å². The van der Waals surface area contributed by atoms with Gasteiger partial charge >= 0.3 is 12.1 Å². The van der Waals surface area contributed by atoms with Gasteiger partial charge in [0.25, 0.3) is 0 Å². The highest BCUT2D eigenvalue weighted by molar-refractivity contribution is 6.04. The van der Waals surface area contributed by atoms with Gasteiger partial charge in [-0.1, -0.05) is 0 Å². The molecule has 2 heterocycles. The lowest BCUT2D eigenvalue weighted by atomic mass is 9.86. The number of ether oxygens (including phenoxy) is 2. The molecule has 0 atom stereocenters. The first-order valence-electron chi connectivity index (χ1n) is 9.16. The highest BCUT2D eigenvalue weighted by atomic mass is 16.6. The summed E-state index contributed by atoms with van der Waals surface area (Å²) >= 11 is 0. The van der Waals surface area contributed by atoms with Crippen molar-refractivity contribution in [2.24, 2.45) is 0 Å². The number of alkyl carbamates (subject to hydrolysis) is 1. The number of aromatic amines is 1. The van der Waals surface area contributed by atoms with Gasteiger partial charge in [0.05, 0.1) is 12.3 Å². The van der Waals surface area contributed by atoms with E-state index in [4.69, 9.17) is 9.47 Å². The third-order valence-corrected chi connectivity index (χ3v) is 4.29. The van der Waals surface area contributed by atoms with Crippen LogP contribution in [-0.2, 0) is 9.47 Å². The third-order valence-electron chi connectivity index (χ3n) is 4.29. The summed E-state index contributed by atoms with van der Waals surface area (Å²) in [5.41, 5.74) is 1.30. The van der Waals surface area contributed by atoms with E-state index >= 15 is 0 Å². The van der Waals surface area contributed by atoms with Crippen LogP contribution in [0.3, 0.4) is 0 Å². The van der Waals surface area contributed by atoms with E-state index in [0.29, 0.717) is 23.5 Å². The molecule has 0 unspecified atom stereocenters. The third kappa shape index (κ3) is 4.50. The van der Waals surface area contributed by atoms with Crippen LogP contribution in [0.15, 0.2) is 18.5 Å². The lowest BCUT2D eigenvalue weighted by molar-refractivity contribution is 0.0474. The Hall–Kier alpha value is -2.77. The summed E-state index contributed by atoms with van der Waals surface area (Å²) in [7, 11) is 0. The maximum absolute atomic E-state index is 12.3. The van der Waals surface area contributed by atoms with E-state index in [1.165, 1.54) is 6.20 Å². The van der Waals surface area contributed by atoms with Crippen LogP contribution in [0.5, 0.6) is 0 Å². The summed E-state index contributed by atoms with van der Waals surface area (Å²) in [6, 6.07) is 2.06. The fraction of sp³-hybridized carbons (Fsp3) is 0.526. The second-order valence-corrected chi connectivity index (χ2v) is 7.66. The molecule has 0 saturated heterocycles. The number of rotatable bonds is 5. The molecule has 0 spiro atoms. The minimum Gasteiger partial charge on any atom is -0.462 e. The highest BCUT2D eigenvalue weighted by Crippen LogP contribution is 2.31. The molecule has 1 fully saturated rings. The van der Waals surface area contributed by atoms with Crippen LogP contribution in [0.1, 0.15) is 50.9 Å². The van der Waals surface area contributed by atoms with E-state index in [-0.39, 0.29) is 12.1 Å². The maximum atomic E-state index is 12.3. The smallest absolute Gasteiger partial charge is 0.407 e. The second kappa shape index (κ2) is 7.46. The molecule has 3 N–H and O–H groups in total. The van der Waals surface area contributed by atoms with Crippen LogP contribution in [0.2, 0.25) is 0 Å². The van der Waals surface area contributed by atoms with Crippen molar-refractivity contribution in [2.75, 3.05) is 11.9 Å². The maximum Gasteiger partial charge on any atom is 0.407 e. The Morgan fingerprint density at radius 2 is 2.04 bits per heavy atom. The van der Waals surface area contributed by atoms with Gasteiger partial charge in [0.1, 0.15) is 16.8 Å². The summed E-state index contributed by atoms with van der Waals surface area (Å²) in [5, 5.41) is 7.12. The first kappa shape index (κ1) is 19.0. The molecule has 1 amide bonds. The minimum atomic E-state index is -0.517. The van der Waals surface area contributed by atoms with Gasteiger partial charge in [-0.15, -0.1) is 0 Å². The van der Waals surface area contributed by atoms with Crippen LogP contribution in [0.4, 0.5) is 10.5 Å². The number of carbonyl (C=O) groups is 2. The van der Waals surface area contributed by atoms with Gasteiger partial charge in [-0.2, -0.15) is 0 Å². The summed E-state index contributed by atoms with van der Waals surface area (Å²) in [6.45, 7) is 7.57. The molecule has 27 heavy (non-hydrogen) atoms. The second-order valence-electron chi connectivity index (χ2n) is 7.66. The van der Waals surface area contributed by atoms with E-state index in [0.717, 1.165) is 18.2 Å². The van der Waals surface area contributed by atoms with Gasteiger partial charge in [0, 0.05) is 29.9 Å². The molecule has 8 nitrogen and oxygen atoms in total. The number of esters is 1. The lowest BCUT2D eigenvalue weighted by Gasteiger charge is -2.37. The first-order valence-corrected chi connectivity index (χ1v) is 9.16. The van der Waals surface area contributed by atoms with Crippen molar-refractivity contribution in [3.05, 3.63) is 24.0 Å². The molecule has 0 radical (unpaired) electrons. The number of pyridine rings is 1. The predicted octanol–water partition coefficient (Wildman–Crippen LogP) is 3.21. The molecule has 1 aliphatic carbocycles. The molecule has 0 aliphatic heterocycles. The summed E-state index contributed by atoms with van der Waals surface area (Å²) < 4.78 is 10.4. The summed E-state index contributed by atoms with van der Waals surface area (Å²) in [4.78, 5) is 31.5. The van der Waals surface area contributed by atoms with E-state index in [1.807, 2.05) is 26.8 Å². The molecule has 0 bridgehead atoms. The van der Waals surface area contributed by atoms with Crippen LogP contribution in [-0.4, -0.2) is 46.3 Å². The van der Waals surface area contributed by atoms with Crippen molar-refractivity contribution in [3.63, 3.8) is 0 Å². The van der Waals surface area contributed by atoms with Crippen molar-refractivity contribution >= 4 is 28.8 Å². The number of nitrogens with one attached hydrogen (secondary N) is 3. The minimum absolute atomic E-state index is 0.0481. The molecular formula is C19H26N4O4. The number of fused-ring (bicyclic) bond motifs is 1. The number of hydrogen-bond donors (Lipinski definition) is 3. The van der Waals surface area contributed by atoms with E-state index in [2.05, 4.69) is 20.6 Å². The topological polar surface area (TPSA) is 105 Å². The quantitative estimate of drug-likeness (QED) is 0.694. The van der Waals surface area contributed by atoms with Gasteiger partial charge < -0.3 is 25.1 Å². The van der Waals surface area contributed by atoms with Gasteiger partial charge in [0.15, 0.2) is 0 Å². The molecule has 146 valence electrons. The fourth-order valence-electron chi connectivity index (χ4n) is 3.06. The average molecular weight is 374 g/mol. The Bertz CT molecular complexity index is 834. The number of aromatic nitrogens is 2. The summed E-state index contributed by atoms with van der Waals surface area (Å²) in [6.07, 6.45) is 4.39.